The molecule has 0 aliphatic heterocycles. The van der Waals surface area contributed by atoms with Gasteiger partial charge in [-0.3, -0.25) is 14.4 Å². The van der Waals surface area contributed by atoms with E-state index in [0.717, 1.165) is 5.56 Å². The van der Waals surface area contributed by atoms with Gasteiger partial charge in [0.1, 0.15) is 0 Å². The maximum Gasteiger partial charge on any atom is 0.255 e. The molecule has 0 aliphatic carbocycles. The Kier molecular flexibility index (Phi) is 4.75. The lowest BCUT2D eigenvalue weighted by Gasteiger charge is -2.10. The molecule has 0 aromatic heterocycles. The van der Waals surface area contributed by atoms with Crippen molar-refractivity contribution in [1.29, 1.82) is 0 Å². The summed E-state index contributed by atoms with van der Waals surface area (Å²) >= 11 is 0. The molecule has 0 spiro atoms. The molecule has 0 aliphatic rings. The smallest absolute Gasteiger partial charge is 0.255 e. The van der Waals surface area contributed by atoms with Crippen molar-refractivity contribution >= 4 is 29.1 Å². The number of primary amides is 1. The van der Waals surface area contributed by atoms with E-state index in [-0.39, 0.29) is 17.4 Å². The summed E-state index contributed by atoms with van der Waals surface area (Å²) in [7, 11) is 0. The molecule has 0 saturated heterocycles. The van der Waals surface area contributed by atoms with Crippen molar-refractivity contribution in [2.24, 2.45) is 5.73 Å². The molecule has 0 unspecified atom stereocenters. The molecule has 0 bridgehead atoms. The zero-order valence-electron chi connectivity index (χ0n) is 12.8. The second-order valence-corrected chi connectivity index (χ2v) is 5.11. The van der Waals surface area contributed by atoms with Crippen molar-refractivity contribution in [3.63, 3.8) is 0 Å². The van der Waals surface area contributed by atoms with E-state index in [4.69, 9.17) is 5.73 Å². The Hall–Kier alpha value is -3.15. The molecule has 0 fully saturated rings. The van der Waals surface area contributed by atoms with Gasteiger partial charge in [0.15, 0.2) is 0 Å². The Morgan fingerprint density at radius 1 is 0.957 bits per heavy atom. The van der Waals surface area contributed by atoms with Gasteiger partial charge in [-0.05, 0) is 48.9 Å². The van der Waals surface area contributed by atoms with Crippen LogP contribution in [0.15, 0.2) is 42.5 Å². The van der Waals surface area contributed by atoms with Gasteiger partial charge in [-0.15, -0.1) is 0 Å². The highest BCUT2D eigenvalue weighted by Gasteiger charge is 2.10. The first kappa shape index (κ1) is 16.2. The Bertz CT molecular complexity index is 784. The van der Waals surface area contributed by atoms with Crippen molar-refractivity contribution < 1.29 is 14.4 Å². The van der Waals surface area contributed by atoms with Gasteiger partial charge in [-0.2, -0.15) is 0 Å². The van der Waals surface area contributed by atoms with Crippen LogP contribution < -0.4 is 16.4 Å². The van der Waals surface area contributed by atoms with E-state index in [1.54, 1.807) is 36.4 Å². The minimum absolute atomic E-state index is 0.159. The number of hydrogen-bond acceptors (Lipinski definition) is 3. The number of nitrogens with two attached hydrogens (primary N) is 1. The van der Waals surface area contributed by atoms with E-state index in [1.165, 1.54) is 13.0 Å². The summed E-state index contributed by atoms with van der Waals surface area (Å²) < 4.78 is 0. The van der Waals surface area contributed by atoms with E-state index in [1.807, 2.05) is 6.92 Å². The lowest BCUT2D eigenvalue weighted by atomic mass is 10.1. The highest BCUT2D eigenvalue weighted by molar-refractivity contribution is 6.06. The number of carbonyl (C=O) groups is 3. The molecule has 23 heavy (non-hydrogen) atoms. The molecule has 0 atom stereocenters. The first-order chi connectivity index (χ1) is 10.9. The third-order valence-electron chi connectivity index (χ3n) is 3.20. The molecule has 4 N–H and O–H groups in total. The average molecular weight is 311 g/mol. The summed E-state index contributed by atoms with van der Waals surface area (Å²) in [5, 5.41) is 5.44. The molecular formula is C17H17N3O3. The fourth-order valence-electron chi connectivity index (χ4n) is 2.09. The first-order valence-corrected chi connectivity index (χ1v) is 6.96. The molecule has 6 nitrogen and oxygen atoms in total. The summed E-state index contributed by atoms with van der Waals surface area (Å²) in [5.74, 6) is -1.09. The fraction of sp³-hybridized carbons (Fsp3) is 0.118. The number of rotatable bonds is 4. The predicted molar refractivity (Wildman–Crippen MR) is 88.4 cm³/mol. The van der Waals surface area contributed by atoms with Gasteiger partial charge in [-0.25, -0.2) is 0 Å². The summed E-state index contributed by atoms with van der Waals surface area (Å²) in [4.78, 5) is 34.5. The summed E-state index contributed by atoms with van der Waals surface area (Å²) in [5.41, 5.74) is 7.92. The second-order valence-electron chi connectivity index (χ2n) is 5.11. The summed E-state index contributed by atoms with van der Waals surface area (Å²) in [6.07, 6.45) is 0. The van der Waals surface area contributed by atoms with Gasteiger partial charge in [0.25, 0.3) is 5.91 Å². The van der Waals surface area contributed by atoms with E-state index in [2.05, 4.69) is 10.6 Å². The lowest BCUT2D eigenvalue weighted by Crippen LogP contribution is -2.15. The Labute approximate surface area is 133 Å². The third-order valence-corrected chi connectivity index (χ3v) is 3.20. The maximum atomic E-state index is 12.2. The van der Waals surface area contributed by atoms with Crippen LogP contribution in [0.5, 0.6) is 0 Å². The molecule has 2 aromatic rings. The number of hydrogen-bond donors (Lipinski definition) is 3. The number of aryl methyl sites for hydroxylation is 1. The van der Waals surface area contributed by atoms with Gasteiger partial charge < -0.3 is 16.4 Å². The van der Waals surface area contributed by atoms with Crippen molar-refractivity contribution in [1.82, 2.24) is 0 Å². The van der Waals surface area contributed by atoms with E-state index < -0.39 is 5.91 Å². The number of anilines is 2. The number of benzene rings is 2. The van der Waals surface area contributed by atoms with Crippen LogP contribution in [0.1, 0.15) is 33.2 Å². The number of nitrogens with one attached hydrogen (secondary N) is 2. The Morgan fingerprint density at radius 3 is 2.26 bits per heavy atom. The topological polar surface area (TPSA) is 101 Å². The SMILES string of the molecule is CC(=O)Nc1ccc(NC(=O)c2cccc(C(N)=O)c2)cc1C. The van der Waals surface area contributed by atoms with Crippen molar-refractivity contribution in [3.05, 3.63) is 59.2 Å². The highest BCUT2D eigenvalue weighted by atomic mass is 16.2. The second kappa shape index (κ2) is 6.74. The number of carbonyl (C=O) groups excluding carboxylic acids is 3. The van der Waals surface area contributed by atoms with Gasteiger partial charge in [-0.1, -0.05) is 6.07 Å². The Balaban J connectivity index is 2.17. The molecule has 2 aromatic carbocycles. The molecular weight excluding hydrogens is 294 g/mol. The van der Waals surface area contributed by atoms with Gasteiger partial charge in [0, 0.05) is 29.4 Å². The normalized spacial score (nSPS) is 10.0. The zero-order chi connectivity index (χ0) is 17.0. The Morgan fingerprint density at radius 2 is 1.65 bits per heavy atom. The zero-order valence-corrected chi connectivity index (χ0v) is 12.8. The molecule has 2 rings (SSSR count). The standard InChI is InChI=1S/C17H17N3O3/c1-10-8-14(6-7-15(10)19-11(2)21)20-17(23)13-5-3-4-12(9-13)16(18)22/h3-9H,1-2H3,(H2,18,22)(H,19,21)(H,20,23). The molecule has 0 saturated carbocycles. The van der Waals surface area contributed by atoms with Crippen LogP contribution in [0, 0.1) is 6.92 Å². The molecule has 3 amide bonds. The lowest BCUT2D eigenvalue weighted by molar-refractivity contribution is -0.114. The highest BCUT2D eigenvalue weighted by Crippen LogP contribution is 2.20. The molecule has 118 valence electrons. The summed E-state index contributed by atoms with van der Waals surface area (Å²) in [6, 6.07) is 11.3. The van der Waals surface area contributed by atoms with Gasteiger partial charge in [0.2, 0.25) is 11.8 Å². The molecule has 0 heterocycles. The summed E-state index contributed by atoms with van der Waals surface area (Å²) in [6.45, 7) is 3.26. The fourth-order valence-corrected chi connectivity index (χ4v) is 2.09. The van der Waals surface area contributed by atoms with Gasteiger partial charge >= 0.3 is 0 Å². The van der Waals surface area contributed by atoms with E-state index >= 15 is 0 Å². The quantitative estimate of drug-likeness (QED) is 0.807. The van der Waals surface area contributed by atoms with Gasteiger partial charge in [0.05, 0.1) is 0 Å². The van der Waals surface area contributed by atoms with Crippen LogP contribution in [0.3, 0.4) is 0 Å². The van der Waals surface area contributed by atoms with Crippen molar-refractivity contribution in [2.45, 2.75) is 13.8 Å². The van der Waals surface area contributed by atoms with Crippen LogP contribution in [0.25, 0.3) is 0 Å². The average Bonchev–Trinajstić information content (AvgIpc) is 2.49. The monoisotopic (exact) mass is 311 g/mol. The van der Waals surface area contributed by atoms with Crippen molar-refractivity contribution in [2.75, 3.05) is 10.6 Å². The van der Waals surface area contributed by atoms with Crippen molar-refractivity contribution in [3.8, 4) is 0 Å². The van der Waals surface area contributed by atoms with Crippen LogP contribution >= 0.6 is 0 Å². The minimum atomic E-state index is -0.588. The largest absolute Gasteiger partial charge is 0.366 e. The van der Waals surface area contributed by atoms with Crippen LogP contribution in [0.2, 0.25) is 0 Å². The molecule has 6 heteroatoms. The molecule has 0 radical (unpaired) electrons. The minimum Gasteiger partial charge on any atom is -0.366 e. The van der Waals surface area contributed by atoms with E-state index in [9.17, 15) is 14.4 Å². The van der Waals surface area contributed by atoms with Crippen LogP contribution in [-0.4, -0.2) is 17.7 Å². The van der Waals surface area contributed by atoms with Crippen LogP contribution in [-0.2, 0) is 4.79 Å². The third kappa shape index (κ3) is 4.16. The first-order valence-electron chi connectivity index (χ1n) is 6.96. The predicted octanol–water partition coefficient (Wildman–Crippen LogP) is 2.30. The maximum absolute atomic E-state index is 12.2. The van der Waals surface area contributed by atoms with E-state index in [0.29, 0.717) is 16.9 Å². The number of amides is 3. The van der Waals surface area contributed by atoms with Crippen LogP contribution in [0.4, 0.5) is 11.4 Å².